The molecule has 0 N–H and O–H groups in total. The fourth-order valence-electron chi connectivity index (χ4n) is 0.993. The number of allylic oxidation sites excluding steroid dienone is 2. The Morgan fingerprint density at radius 3 is 1.33 bits per heavy atom. The van der Waals surface area contributed by atoms with E-state index in [0.29, 0.717) is 11.8 Å². The molecular formula is C12H22. The van der Waals surface area contributed by atoms with Gasteiger partial charge in [-0.05, 0) is 38.5 Å². The summed E-state index contributed by atoms with van der Waals surface area (Å²) in [6.07, 6.45) is 2.48. The molecule has 0 radical (unpaired) electrons. The Morgan fingerprint density at radius 1 is 0.917 bits per heavy atom. The van der Waals surface area contributed by atoms with Crippen LogP contribution in [0.15, 0.2) is 24.3 Å². The summed E-state index contributed by atoms with van der Waals surface area (Å²) < 4.78 is 0. The molecule has 0 heterocycles. The highest BCUT2D eigenvalue weighted by molar-refractivity contribution is 4.97. The Bertz CT molecular complexity index is 145. The third-order valence-electron chi connectivity index (χ3n) is 2.72. The van der Waals surface area contributed by atoms with Gasteiger partial charge in [-0.25, -0.2) is 0 Å². The van der Waals surface area contributed by atoms with Crippen LogP contribution in [0.1, 0.15) is 40.5 Å². The van der Waals surface area contributed by atoms with Crippen LogP contribution < -0.4 is 0 Å². The van der Waals surface area contributed by atoms with Crippen LogP contribution in [0.4, 0.5) is 0 Å². The molecule has 0 aromatic rings. The topological polar surface area (TPSA) is 0 Å². The lowest BCUT2D eigenvalue weighted by Crippen LogP contribution is -2.01. The van der Waals surface area contributed by atoms with Crippen LogP contribution in [0.25, 0.3) is 0 Å². The van der Waals surface area contributed by atoms with Crippen molar-refractivity contribution >= 4 is 0 Å². The lowest BCUT2D eigenvalue weighted by Gasteiger charge is -2.15. The molecule has 0 nitrogen and oxygen atoms in total. The van der Waals surface area contributed by atoms with Crippen molar-refractivity contribution in [3.63, 3.8) is 0 Å². The average molecular weight is 166 g/mol. The van der Waals surface area contributed by atoms with E-state index in [1.807, 2.05) is 0 Å². The van der Waals surface area contributed by atoms with Gasteiger partial charge < -0.3 is 0 Å². The molecule has 0 bridgehead atoms. The normalized spacial score (nSPS) is 15.3. The van der Waals surface area contributed by atoms with Gasteiger partial charge in [0.15, 0.2) is 0 Å². The fraction of sp³-hybridized carbons (Fsp3) is 0.667. The molecule has 2 unspecified atom stereocenters. The van der Waals surface area contributed by atoms with Gasteiger partial charge in [0.05, 0.1) is 0 Å². The Labute approximate surface area is 77.4 Å². The highest BCUT2D eigenvalue weighted by Gasteiger charge is 2.06. The molecule has 0 rings (SSSR count). The van der Waals surface area contributed by atoms with Crippen LogP contribution >= 0.6 is 0 Å². The molecule has 12 heavy (non-hydrogen) atoms. The fourth-order valence-corrected chi connectivity index (χ4v) is 0.993. The molecular weight excluding hydrogens is 144 g/mol. The molecule has 0 amide bonds. The van der Waals surface area contributed by atoms with Crippen molar-refractivity contribution in [3.8, 4) is 0 Å². The van der Waals surface area contributed by atoms with E-state index >= 15 is 0 Å². The van der Waals surface area contributed by atoms with Gasteiger partial charge in [0.2, 0.25) is 0 Å². The zero-order valence-corrected chi connectivity index (χ0v) is 8.98. The van der Waals surface area contributed by atoms with E-state index in [0.717, 1.165) is 0 Å². The van der Waals surface area contributed by atoms with Crippen LogP contribution in [0, 0.1) is 11.8 Å². The van der Waals surface area contributed by atoms with Gasteiger partial charge in [0, 0.05) is 0 Å². The van der Waals surface area contributed by atoms with Gasteiger partial charge in [0.25, 0.3) is 0 Å². The highest BCUT2D eigenvalue weighted by Crippen LogP contribution is 2.21. The SMILES string of the molecule is C=C(C)C(C)CCC(C)C(=C)C. The summed E-state index contributed by atoms with van der Waals surface area (Å²) >= 11 is 0. The number of hydrogen-bond acceptors (Lipinski definition) is 0. The van der Waals surface area contributed by atoms with Gasteiger partial charge in [0.1, 0.15) is 0 Å². The molecule has 0 fully saturated rings. The van der Waals surface area contributed by atoms with E-state index in [9.17, 15) is 0 Å². The van der Waals surface area contributed by atoms with E-state index in [2.05, 4.69) is 40.9 Å². The smallest absolute Gasteiger partial charge is 0.0237 e. The van der Waals surface area contributed by atoms with E-state index in [1.165, 1.54) is 24.0 Å². The second-order valence-corrected chi connectivity index (χ2v) is 4.07. The molecule has 0 aliphatic carbocycles. The number of hydrogen-bond donors (Lipinski definition) is 0. The second kappa shape index (κ2) is 5.18. The lowest BCUT2D eigenvalue weighted by atomic mass is 9.91. The molecule has 0 heteroatoms. The van der Waals surface area contributed by atoms with Crippen molar-refractivity contribution < 1.29 is 0 Å². The van der Waals surface area contributed by atoms with Crippen molar-refractivity contribution in [2.75, 3.05) is 0 Å². The van der Waals surface area contributed by atoms with Gasteiger partial charge >= 0.3 is 0 Å². The monoisotopic (exact) mass is 166 g/mol. The highest BCUT2D eigenvalue weighted by atomic mass is 14.1. The lowest BCUT2D eigenvalue weighted by molar-refractivity contribution is 0.505. The van der Waals surface area contributed by atoms with Crippen molar-refractivity contribution in [1.82, 2.24) is 0 Å². The first-order valence-corrected chi connectivity index (χ1v) is 4.76. The molecule has 70 valence electrons. The maximum Gasteiger partial charge on any atom is -0.0237 e. The van der Waals surface area contributed by atoms with Crippen molar-refractivity contribution in [2.24, 2.45) is 11.8 Å². The minimum absolute atomic E-state index is 0.659. The van der Waals surface area contributed by atoms with Crippen molar-refractivity contribution in [1.29, 1.82) is 0 Å². The van der Waals surface area contributed by atoms with Gasteiger partial charge in [-0.15, -0.1) is 0 Å². The van der Waals surface area contributed by atoms with E-state index in [-0.39, 0.29) is 0 Å². The van der Waals surface area contributed by atoms with Gasteiger partial charge in [-0.1, -0.05) is 38.2 Å². The largest absolute Gasteiger partial charge is 0.0999 e. The molecule has 0 aliphatic rings. The second-order valence-electron chi connectivity index (χ2n) is 4.07. The minimum atomic E-state index is 0.659. The van der Waals surface area contributed by atoms with E-state index < -0.39 is 0 Å². The number of rotatable bonds is 5. The maximum atomic E-state index is 3.96. The summed E-state index contributed by atoms with van der Waals surface area (Å²) in [6, 6.07) is 0. The Hall–Kier alpha value is -0.520. The summed E-state index contributed by atoms with van der Waals surface area (Å²) in [5, 5.41) is 0. The van der Waals surface area contributed by atoms with Gasteiger partial charge in [-0.3, -0.25) is 0 Å². The van der Waals surface area contributed by atoms with Crippen LogP contribution in [0.3, 0.4) is 0 Å². The molecule has 0 aliphatic heterocycles. The van der Waals surface area contributed by atoms with E-state index in [1.54, 1.807) is 0 Å². The third kappa shape index (κ3) is 4.38. The van der Waals surface area contributed by atoms with Crippen LogP contribution in [-0.4, -0.2) is 0 Å². The Balaban J connectivity index is 3.68. The van der Waals surface area contributed by atoms with Crippen LogP contribution in [0.2, 0.25) is 0 Å². The minimum Gasteiger partial charge on any atom is -0.0999 e. The predicted octanol–water partition coefficient (Wildman–Crippen LogP) is 4.19. The zero-order valence-electron chi connectivity index (χ0n) is 8.98. The Kier molecular flexibility index (Phi) is 4.96. The molecule has 0 spiro atoms. The molecule has 0 saturated carbocycles. The quantitative estimate of drug-likeness (QED) is 0.537. The molecule has 0 saturated heterocycles. The summed E-state index contributed by atoms with van der Waals surface area (Å²) in [4.78, 5) is 0. The first kappa shape index (κ1) is 11.5. The maximum absolute atomic E-state index is 3.96. The standard InChI is InChI=1S/C12H22/c1-9(2)11(5)7-8-12(6)10(3)4/h11-12H,1,3,7-8H2,2,4-6H3. The summed E-state index contributed by atoms with van der Waals surface area (Å²) in [6.45, 7) is 16.6. The molecule has 0 aromatic carbocycles. The van der Waals surface area contributed by atoms with Crippen LogP contribution in [-0.2, 0) is 0 Å². The third-order valence-corrected chi connectivity index (χ3v) is 2.72. The van der Waals surface area contributed by atoms with E-state index in [4.69, 9.17) is 0 Å². The van der Waals surface area contributed by atoms with Gasteiger partial charge in [-0.2, -0.15) is 0 Å². The first-order chi connectivity index (χ1) is 5.45. The zero-order chi connectivity index (χ0) is 9.72. The average Bonchev–Trinajstić information content (AvgIpc) is 1.98. The molecule has 2 atom stereocenters. The first-order valence-electron chi connectivity index (χ1n) is 4.76. The predicted molar refractivity (Wildman–Crippen MR) is 57.2 cm³/mol. The molecule has 0 aromatic heterocycles. The summed E-state index contributed by atoms with van der Waals surface area (Å²) in [7, 11) is 0. The Morgan fingerprint density at radius 2 is 1.17 bits per heavy atom. The van der Waals surface area contributed by atoms with Crippen LogP contribution in [0.5, 0.6) is 0 Å². The van der Waals surface area contributed by atoms with Crippen molar-refractivity contribution in [2.45, 2.75) is 40.5 Å². The summed E-state index contributed by atoms with van der Waals surface area (Å²) in [5.41, 5.74) is 2.59. The van der Waals surface area contributed by atoms with Crippen molar-refractivity contribution in [3.05, 3.63) is 24.3 Å². The summed E-state index contributed by atoms with van der Waals surface area (Å²) in [5.74, 6) is 1.32.